The third-order valence-electron chi connectivity index (χ3n) is 9.86. The summed E-state index contributed by atoms with van der Waals surface area (Å²) in [6.45, 7) is 0.597. The van der Waals surface area contributed by atoms with Gasteiger partial charge in [-0.2, -0.15) is 5.26 Å². The van der Waals surface area contributed by atoms with Crippen LogP contribution in [0.15, 0.2) is 18.5 Å². The van der Waals surface area contributed by atoms with Crippen LogP contribution in [0, 0.1) is 45.8 Å². The van der Waals surface area contributed by atoms with E-state index in [2.05, 4.69) is 32.0 Å². The lowest BCUT2D eigenvalue weighted by atomic mass is 9.49. The Labute approximate surface area is 206 Å². The molecule has 3 N–H and O–H groups in total. The minimum atomic E-state index is 0.0798. The zero-order valence-electron chi connectivity index (χ0n) is 20.4. The maximum atomic E-state index is 9.15. The Morgan fingerprint density at radius 3 is 2.54 bits per heavy atom. The summed E-state index contributed by atoms with van der Waals surface area (Å²) in [7, 11) is 0. The molecule has 3 aromatic heterocycles. The molecule has 0 spiro atoms. The van der Waals surface area contributed by atoms with E-state index in [-0.39, 0.29) is 5.41 Å². The number of H-pyrrole nitrogens is 1. The van der Waals surface area contributed by atoms with Crippen molar-refractivity contribution in [3.05, 3.63) is 24.3 Å². The van der Waals surface area contributed by atoms with Gasteiger partial charge in [0.25, 0.3) is 0 Å². The van der Waals surface area contributed by atoms with E-state index in [1.165, 1.54) is 38.5 Å². The van der Waals surface area contributed by atoms with Crippen molar-refractivity contribution < 1.29 is 0 Å². The Kier molecular flexibility index (Phi) is 4.94. The molecule has 0 aliphatic heterocycles. The van der Waals surface area contributed by atoms with Crippen LogP contribution in [0.3, 0.4) is 0 Å². The number of nitrogens with one attached hydrogen (secondary N) is 3. The Hall–Kier alpha value is -2.88. The van der Waals surface area contributed by atoms with Crippen molar-refractivity contribution in [2.24, 2.45) is 29.1 Å². The molecular formula is C28H35N7. The lowest BCUT2D eigenvalue weighted by molar-refractivity contribution is -0.0146. The predicted molar refractivity (Wildman–Crippen MR) is 136 cm³/mol. The van der Waals surface area contributed by atoms with E-state index in [4.69, 9.17) is 15.7 Å². The number of nitriles is 1. The van der Waals surface area contributed by atoms with Crippen molar-refractivity contribution in [3.8, 4) is 6.07 Å². The summed E-state index contributed by atoms with van der Waals surface area (Å²) >= 11 is 0. The van der Waals surface area contributed by atoms with Gasteiger partial charge in [-0.25, -0.2) is 9.97 Å². The Bertz CT molecular complexity index is 1280. The minimum Gasteiger partial charge on any atom is -0.366 e. The van der Waals surface area contributed by atoms with Gasteiger partial charge in [0.1, 0.15) is 17.0 Å². The molecule has 0 radical (unpaired) electrons. The maximum absolute atomic E-state index is 9.15. The highest BCUT2D eigenvalue weighted by Crippen LogP contribution is 2.60. The predicted octanol–water partition coefficient (Wildman–Crippen LogP) is 5.84. The number of hydrogen-bond acceptors (Lipinski definition) is 4. The first-order chi connectivity index (χ1) is 17.1. The number of nitrogens with zero attached hydrogens (tertiary/aromatic N) is 4. The molecule has 182 valence electrons. The Morgan fingerprint density at radius 1 is 1.14 bits per heavy atom. The summed E-state index contributed by atoms with van der Waals surface area (Å²) < 4.78 is 2.45. The van der Waals surface area contributed by atoms with Gasteiger partial charge in [-0.15, -0.1) is 0 Å². The Balaban J connectivity index is 1.19. The van der Waals surface area contributed by atoms with E-state index >= 15 is 0 Å². The van der Waals surface area contributed by atoms with Crippen molar-refractivity contribution >= 4 is 27.9 Å². The molecule has 7 heteroatoms. The summed E-state index contributed by atoms with van der Waals surface area (Å²) in [6.07, 6.45) is 16.7. The van der Waals surface area contributed by atoms with Crippen molar-refractivity contribution in [2.45, 2.75) is 83.2 Å². The molecule has 0 amide bonds. The van der Waals surface area contributed by atoms with Crippen LogP contribution in [0.1, 0.15) is 82.5 Å². The lowest BCUT2D eigenvalue weighted by Gasteiger charge is -2.56. The van der Waals surface area contributed by atoms with Crippen LogP contribution < -0.4 is 5.32 Å². The van der Waals surface area contributed by atoms with E-state index in [9.17, 15) is 0 Å². The minimum absolute atomic E-state index is 0.0798. The normalized spacial score (nSPS) is 33.9. The average molecular weight is 470 g/mol. The monoisotopic (exact) mass is 469 g/mol. The smallest absolute Gasteiger partial charge is 0.139 e. The van der Waals surface area contributed by atoms with E-state index in [1.807, 2.05) is 12.4 Å². The van der Waals surface area contributed by atoms with E-state index in [1.54, 1.807) is 0 Å². The number of pyridine rings is 1. The summed E-state index contributed by atoms with van der Waals surface area (Å²) in [5, 5.41) is 23.0. The number of aromatic amines is 1. The van der Waals surface area contributed by atoms with Gasteiger partial charge in [-0.3, -0.25) is 5.41 Å². The molecule has 3 heterocycles. The standard InChI is InChI=1S/C28H35N7/c29-7-5-17-1-3-21(4-2-17)35-24(34-23-15-32-26-22(25(23)35)6-8-31-26)16-33-27(30)28-12-18-9-19(13-28)11-20(10-18)14-28/h6,8,15,17-21H,1-5,9-14,16H2,(H2,30,33)(H,31,32). The summed E-state index contributed by atoms with van der Waals surface area (Å²) in [4.78, 5) is 12.9. The van der Waals surface area contributed by atoms with Gasteiger partial charge < -0.3 is 14.9 Å². The first-order valence-electron chi connectivity index (χ1n) is 13.6. The average Bonchev–Trinajstić information content (AvgIpc) is 3.46. The van der Waals surface area contributed by atoms with Gasteiger partial charge in [0, 0.05) is 29.5 Å². The second-order valence-corrected chi connectivity index (χ2v) is 12.1. The number of amidine groups is 1. The highest BCUT2D eigenvalue weighted by molar-refractivity contribution is 6.01. The molecule has 0 unspecified atom stereocenters. The van der Waals surface area contributed by atoms with Crippen molar-refractivity contribution in [1.82, 2.24) is 24.8 Å². The van der Waals surface area contributed by atoms with E-state index in [0.29, 0.717) is 24.9 Å². The van der Waals surface area contributed by atoms with Gasteiger partial charge in [-0.1, -0.05) is 0 Å². The lowest BCUT2D eigenvalue weighted by Crippen LogP contribution is -2.53. The van der Waals surface area contributed by atoms with Crippen LogP contribution in [0.4, 0.5) is 0 Å². The van der Waals surface area contributed by atoms with Gasteiger partial charge in [0.05, 0.1) is 30.2 Å². The van der Waals surface area contributed by atoms with Crippen LogP contribution in [-0.4, -0.2) is 25.4 Å². The Morgan fingerprint density at radius 2 is 1.86 bits per heavy atom. The number of imidazole rings is 1. The zero-order valence-corrected chi connectivity index (χ0v) is 20.4. The number of rotatable bonds is 5. The molecule has 5 saturated carbocycles. The third kappa shape index (κ3) is 3.48. The fourth-order valence-corrected chi connectivity index (χ4v) is 8.67. The largest absolute Gasteiger partial charge is 0.366 e. The summed E-state index contributed by atoms with van der Waals surface area (Å²) in [6, 6.07) is 4.86. The second-order valence-electron chi connectivity index (χ2n) is 12.1. The number of aromatic nitrogens is 4. The second kappa shape index (κ2) is 8.08. The molecule has 0 saturated heterocycles. The van der Waals surface area contributed by atoms with Crippen LogP contribution in [0.5, 0.6) is 0 Å². The fraction of sp³-hybridized carbons (Fsp3) is 0.643. The summed E-state index contributed by atoms with van der Waals surface area (Å²) in [5.74, 6) is 4.82. The van der Waals surface area contributed by atoms with Crippen molar-refractivity contribution in [2.75, 3.05) is 0 Å². The molecule has 5 fully saturated rings. The first kappa shape index (κ1) is 21.4. The molecule has 8 rings (SSSR count). The molecule has 5 aliphatic carbocycles. The number of fused-ring (bicyclic) bond motifs is 3. The molecule has 3 aromatic rings. The first-order valence-corrected chi connectivity index (χ1v) is 13.6. The molecule has 5 aliphatic rings. The van der Waals surface area contributed by atoms with Gasteiger partial charge in [0.2, 0.25) is 0 Å². The molecular weight excluding hydrogens is 434 g/mol. The van der Waals surface area contributed by atoms with Gasteiger partial charge in [0.15, 0.2) is 0 Å². The fourth-order valence-electron chi connectivity index (χ4n) is 8.67. The number of hydrogen-bond donors (Lipinski definition) is 3. The summed E-state index contributed by atoms with van der Waals surface area (Å²) in [5.41, 5.74) is 3.08. The topological polar surface area (TPSA) is 106 Å². The molecule has 4 bridgehead atoms. The van der Waals surface area contributed by atoms with Crippen LogP contribution in [0.2, 0.25) is 0 Å². The van der Waals surface area contributed by atoms with Crippen LogP contribution in [-0.2, 0) is 6.54 Å². The van der Waals surface area contributed by atoms with E-state index in [0.717, 1.165) is 77.2 Å². The third-order valence-corrected chi connectivity index (χ3v) is 9.86. The van der Waals surface area contributed by atoms with Crippen molar-refractivity contribution in [1.29, 1.82) is 10.7 Å². The molecule has 0 aromatic carbocycles. The zero-order chi connectivity index (χ0) is 23.6. The molecule has 0 atom stereocenters. The van der Waals surface area contributed by atoms with Crippen LogP contribution >= 0.6 is 0 Å². The van der Waals surface area contributed by atoms with Crippen LogP contribution in [0.25, 0.3) is 22.1 Å². The maximum Gasteiger partial charge on any atom is 0.139 e. The molecule has 35 heavy (non-hydrogen) atoms. The SMILES string of the molecule is N#CCC1CCC(n2c(CNC(=N)C34CC5CC(CC(C5)C3)C4)nc3cnc4[nH]ccc4c32)CC1. The van der Waals surface area contributed by atoms with E-state index < -0.39 is 0 Å². The highest BCUT2D eigenvalue weighted by atomic mass is 15.1. The quantitative estimate of drug-likeness (QED) is 0.322. The molecule has 7 nitrogen and oxygen atoms in total. The van der Waals surface area contributed by atoms with Gasteiger partial charge >= 0.3 is 0 Å². The highest BCUT2D eigenvalue weighted by Gasteiger charge is 2.53. The van der Waals surface area contributed by atoms with Gasteiger partial charge in [-0.05, 0) is 93.9 Å². The van der Waals surface area contributed by atoms with Crippen molar-refractivity contribution in [3.63, 3.8) is 0 Å².